The summed E-state index contributed by atoms with van der Waals surface area (Å²) in [6.07, 6.45) is 0.611. The number of hydrogen-bond donors (Lipinski definition) is 2. The summed E-state index contributed by atoms with van der Waals surface area (Å²) < 4.78 is 0. The van der Waals surface area contributed by atoms with Crippen LogP contribution >= 0.6 is 11.6 Å². The average Bonchev–Trinajstić information content (AvgIpc) is 1.94. The van der Waals surface area contributed by atoms with E-state index in [-0.39, 0.29) is 11.3 Å². The Morgan fingerprint density at radius 3 is 2.62 bits per heavy atom. The first-order valence-corrected chi connectivity index (χ1v) is 4.52. The van der Waals surface area contributed by atoms with Crippen molar-refractivity contribution in [2.75, 3.05) is 0 Å². The van der Waals surface area contributed by atoms with E-state index in [0.29, 0.717) is 11.4 Å². The van der Waals surface area contributed by atoms with Crippen molar-refractivity contribution < 1.29 is 5.11 Å². The molecule has 1 aromatic rings. The van der Waals surface area contributed by atoms with Crippen LogP contribution in [-0.4, -0.2) is 10.6 Å². The normalized spacial score (nSPS) is 11.7. The summed E-state index contributed by atoms with van der Waals surface area (Å²) in [6.45, 7) is 3.82. The fourth-order valence-corrected chi connectivity index (χ4v) is 1.38. The van der Waals surface area contributed by atoms with Crippen molar-refractivity contribution in [3.63, 3.8) is 0 Å². The maximum Gasteiger partial charge on any atom is 0.118 e. The molecule has 0 aliphatic carbocycles. The van der Waals surface area contributed by atoms with Crippen molar-refractivity contribution in [3.8, 4) is 5.75 Å². The lowest BCUT2D eigenvalue weighted by Crippen LogP contribution is -2.34. The van der Waals surface area contributed by atoms with Crippen LogP contribution in [0.25, 0.3) is 0 Å². The number of phenols is 1. The maximum atomic E-state index is 9.48. The van der Waals surface area contributed by atoms with E-state index in [1.54, 1.807) is 18.2 Å². The summed E-state index contributed by atoms with van der Waals surface area (Å²) in [5.74, 6) is 0.253. The van der Waals surface area contributed by atoms with Crippen molar-refractivity contribution in [1.29, 1.82) is 0 Å². The fraction of sp³-hybridized carbons (Fsp3) is 0.400. The van der Waals surface area contributed by atoms with E-state index in [0.717, 1.165) is 5.56 Å². The molecule has 0 aliphatic rings. The molecule has 0 bridgehead atoms. The summed E-state index contributed by atoms with van der Waals surface area (Å²) in [7, 11) is 0. The van der Waals surface area contributed by atoms with Gasteiger partial charge in [0.2, 0.25) is 0 Å². The minimum Gasteiger partial charge on any atom is -0.508 e. The number of rotatable bonds is 2. The van der Waals surface area contributed by atoms with Crippen molar-refractivity contribution in [3.05, 3.63) is 28.8 Å². The summed E-state index contributed by atoms with van der Waals surface area (Å²) in [6, 6.07) is 4.98. The molecule has 0 unspecified atom stereocenters. The molecule has 0 saturated carbocycles. The molecular formula is C10H14ClNO. The lowest BCUT2D eigenvalue weighted by Gasteiger charge is -2.19. The average molecular weight is 200 g/mol. The Labute approximate surface area is 83.3 Å². The number of phenolic OH excluding ortho intramolecular Hbond substituents is 1. The molecular weight excluding hydrogens is 186 g/mol. The quantitative estimate of drug-likeness (QED) is 0.768. The molecule has 0 spiro atoms. The second-order valence-corrected chi connectivity index (χ2v) is 4.37. The van der Waals surface area contributed by atoms with Gasteiger partial charge in [0.25, 0.3) is 0 Å². The molecule has 0 fully saturated rings. The molecule has 0 aromatic heterocycles. The van der Waals surface area contributed by atoms with Gasteiger partial charge < -0.3 is 10.8 Å². The molecule has 0 amide bonds. The van der Waals surface area contributed by atoms with E-state index in [1.165, 1.54) is 0 Å². The lowest BCUT2D eigenvalue weighted by atomic mass is 9.96. The molecule has 72 valence electrons. The first-order chi connectivity index (χ1) is 5.88. The molecule has 1 rings (SSSR count). The zero-order chi connectivity index (χ0) is 10.1. The van der Waals surface area contributed by atoms with Crippen LogP contribution in [0.5, 0.6) is 5.75 Å². The second-order valence-electron chi connectivity index (χ2n) is 3.94. The van der Waals surface area contributed by atoms with Gasteiger partial charge in [-0.25, -0.2) is 0 Å². The van der Waals surface area contributed by atoms with Crippen LogP contribution in [0.4, 0.5) is 0 Å². The number of hydrogen-bond acceptors (Lipinski definition) is 2. The molecule has 2 nitrogen and oxygen atoms in total. The molecule has 0 saturated heterocycles. The number of benzene rings is 1. The third-order valence-corrected chi connectivity index (χ3v) is 1.92. The van der Waals surface area contributed by atoms with E-state index in [1.807, 2.05) is 13.8 Å². The van der Waals surface area contributed by atoms with Crippen LogP contribution in [-0.2, 0) is 6.42 Å². The summed E-state index contributed by atoms with van der Waals surface area (Å²) in [5, 5.41) is 10.1. The van der Waals surface area contributed by atoms with Gasteiger partial charge >= 0.3 is 0 Å². The highest BCUT2D eigenvalue weighted by molar-refractivity contribution is 6.30. The Bertz CT molecular complexity index is 304. The first kappa shape index (κ1) is 10.4. The zero-order valence-corrected chi connectivity index (χ0v) is 8.60. The van der Waals surface area contributed by atoms with Crippen LogP contribution in [0.1, 0.15) is 19.4 Å². The second kappa shape index (κ2) is 3.56. The Balaban J connectivity index is 2.94. The van der Waals surface area contributed by atoms with Crippen LogP contribution in [0, 0.1) is 0 Å². The van der Waals surface area contributed by atoms with Gasteiger partial charge in [0.15, 0.2) is 0 Å². The van der Waals surface area contributed by atoms with Gasteiger partial charge in [-0.2, -0.15) is 0 Å². The highest BCUT2D eigenvalue weighted by Gasteiger charge is 2.14. The van der Waals surface area contributed by atoms with Crippen LogP contribution in [0.2, 0.25) is 5.02 Å². The minimum absolute atomic E-state index is 0.253. The van der Waals surface area contributed by atoms with Crippen molar-refractivity contribution >= 4 is 11.6 Å². The summed E-state index contributed by atoms with van der Waals surface area (Å²) >= 11 is 5.79. The van der Waals surface area contributed by atoms with Gasteiger partial charge in [-0.1, -0.05) is 11.6 Å². The number of aromatic hydroxyl groups is 1. The molecule has 1 aromatic carbocycles. The third-order valence-electron chi connectivity index (χ3n) is 1.69. The molecule has 0 aliphatic heterocycles. The highest BCUT2D eigenvalue weighted by Crippen LogP contribution is 2.24. The van der Waals surface area contributed by atoms with Crippen molar-refractivity contribution in [2.45, 2.75) is 25.8 Å². The highest BCUT2D eigenvalue weighted by atomic mass is 35.5. The van der Waals surface area contributed by atoms with Gasteiger partial charge in [0.05, 0.1) is 0 Å². The molecule has 13 heavy (non-hydrogen) atoms. The molecule has 0 heterocycles. The van der Waals surface area contributed by atoms with Gasteiger partial charge in [0, 0.05) is 10.6 Å². The van der Waals surface area contributed by atoms with E-state index < -0.39 is 0 Å². The first-order valence-electron chi connectivity index (χ1n) is 4.15. The Hall–Kier alpha value is -0.730. The van der Waals surface area contributed by atoms with Crippen molar-refractivity contribution in [1.82, 2.24) is 0 Å². The molecule has 0 radical (unpaired) electrons. The Kier molecular flexibility index (Phi) is 2.84. The lowest BCUT2D eigenvalue weighted by molar-refractivity contribution is 0.450. The minimum atomic E-state index is -0.331. The maximum absolute atomic E-state index is 9.48. The van der Waals surface area contributed by atoms with Gasteiger partial charge in [-0.15, -0.1) is 0 Å². The van der Waals surface area contributed by atoms with Gasteiger partial charge in [-0.3, -0.25) is 0 Å². The van der Waals surface area contributed by atoms with E-state index in [9.17, 15) is 5.11 Å². The fourth-order valence-electron chi connectivity index (χ4n) is 1.19. The standard InChI is InChI=1S/C10H14ClNO/c1-10(2,12)6-7-5-8(11)3-4-9(7)13/h3-5,13H,6,12H2,1-2H3. The zero-order valence-electron chi connectivity index (χ0n) is 7.84. The van der Waals surface area contributed by atoms with Gasteiger partial charge in [-0.05, 0) is 44.0 Å². The summed E-state index contributed by atoms with van der Waals surface area (Å²) in [5.41, 5.74) is 6.29. The molecule has 3 heteroatoms. The smallest absolute Gasteiger partial charge is 0.118 e. The monoisotopic (exact) mass is 199 g/mol. The van der Waals surface area contributed by atoms with E-state index in [2.05, 4.69) is 0 Å². The van der Waals surface area contributed by atoms with E-state index in [4.69, 9.17) is 17.3 Å². The largest absolute Gasteiger partial charge is 0.508 e. The Morgan fingerprint density at radius 2 is 2.08 bits per heavy atom. The van der Waals surface area contributed by atoms with Crippen LogP contribution < -0.4 is 5.73 Å². The third kappa shape index (κ3) is 3.25. The molecule has 0 atom stereocenters. The SMILES string of the molecule is CC(C)(N)Cc1cc(Cl)ccc1O. The van der Waals surface area contributed by atoms with Crippen LogP contribution in [0.3, 0.4) is 0 Å². The summed E-state index contributed by atoms with van der Waals surface area (Å²) in [4.78, 5) is 0. The van der Waals surface area contributed by atoms with Crippen molar-refractivity contribution in [2.24, 2.45) is 5.73 Å². The van der Waals surface area contributed by atoms with Crippen LogP contribution in [0.15, 0.2) is 18.2 Å². The molecule has 3 N–H and O–H groups in total. The topological polar surface area (TPSA) is 46.2 Å². The number of nitrogens with two attached hydrogens (primary N) is 1. The Morgan fingerprint density at radius 1 is 1.46 bits per heavy atom. The van der Waals surface area contributed by atoms with Gasteiger partial charge in [0.1, 0.15) is 5.75 Å². The predicted molar refractivity (Wildman–Crippen MR) is 55.1 cm³/mol. The number of halogens is 1. The predicted octanol–water partition coefficient (Wildman–Crippen LogP) is 2.33. The van der Waals surface area contributed by atoms with E-state index >= 15 is 0 Å².